The molecule has 4 N–H and O–H groups in total. The average Bonchev–Trinajstić information content (AvgIpc) is 2.37. The van der Waals surface area contributed by atoms with Gasteiger partial charge in [-0.3, -0.25) is 4.79 Å². The lowest BCUT2D eigenvalue weighted by Crippen LogP contribution is -2.29. The fraction of sp³-hybridized carbons (Fsp3) is 0.462. The molecule has 1 rings (SSSR count). The van der Waals surface area contributed by atoms with E-state index in [0.29, 0.717) is 6.42 Å². The molecule has 6 nitrogen and oxygen atoms in total. The number of aromatic hydroxyl groups is 1. The molecule has 0 saturated heterocycles. The van der Waals surface area contributed by atoms with Crippen LogP contribution in [0.5, 0.6) is 5.75 Å². The van der Waals surface area contributed by atoms with E-state index in [0.717, 1.165) is 12.7 Å². The molecular weight excluding hydrogens is 280 g/mol. The van der Waals surface area contributed by atoms with Gasteiger partial charge in [-0.2, -0.15) is 0 Å². The normalized spacial score (nSPS) is 12.9. The van der Waals surface area contributed by atoms with E-state index in [4.69, 9.17) is 5.73 Å². The van der Waals surface area contributed by atoms with Gasteiger partial charge in [0, 0.05) is 12.8 Å². The highest BCUT2D eigenvalue weighted by Crippen LogP contribution is 2.27. The quantitative estimate of drug-likeness (QED) is 0.682. The molecule has 0 spiro atoms. The zero-order chi connectivity index (χ0) is 15.3. The Balaban J connectivity index is 3.00. The Bertz CT molecular complexity index is 584. The molecule has 0 aromatic heterocycles. The van der Waals surface area contributed by atoms with Gasteiger partial charge in [0.15, 0.2) is 9.84 Å². The molecule has 0 fully saturated rings. The Morgan fingerprint density at radius 2 is 2.10 bits per heavy atom. The Labute approximate surface area is 118 Å². The summed E-state index contributed by atoms with van der Waals surface area (Å²) in [6, 6.07) is 3.76. The second kappa shape index (κ2) is 6.71. The van der Waals surface area contributed by atoms with Crippen molar-refractivity contribution >= 4 is 21.4 Å². The van der Waals surface area contributed by atoms with Gasteiger partial charge in [-0.15, -0.1) is 0 Å². The van der Waals surface area contributed by atoms with Crippen molar-refractivity contribution in [3.05, 3.63) is 18.2 Å². The number of carbonyl (C=O) groups is 1. The molecule has 0 saturated carbocycles. The summed E-state index contributed by atoms with van der Waals surface area (Å²) in [7, 11) is -3.40. The fourth-order valence-corrected chi connectivity index (χ4v) is 2.43. The molecule has 1 aromatic rings. The smallest absolute Gasteiger partial charge is 0.228 e. The van der Waals surface area contributed by atoms with Crippen LogP contribution in [0.3, 0.4) is 0 Å². The van der Waals surface area contributed by atoms with Crippen molar-refractivity contribution in [1.82, 2.24) is 0 Å². The standard InChI is InChI=1S/C13H20N2O4S/c1-3-4-9(8-14)13(17)15-11-7-10(20(2,18)19)5-6-12(11)16/h5-7,9,16H,3-4,8,14H2,1-2H3,(H,15,17). The highest BCUT2D eigenvalue weighted by atomic mass is 32.2. The van der Waals surface area contributed by atoms with Gasteiger partial charge in [-0.05, 0) is 24.6 Å². The third-order valence-corrected chi connectivity index (χ3v) is 4.06. The van der Waals surface area contributed by atoms with Crippen LogP contribution in [-0.4, -0.2) is 32.2 Å². The molecule has 20 heavy (non-hydrogen) atoms. The van der Waals surface area contributed by atoms with Gasteiger partial charge in [0.05, 0.1) is 16.5 Å². The number of anilines is 1. The third kappa shape index (κ3) is 4.21. The van der Waals surface area contributed by atoms with Crippen LogP contribution in [0.1, 0.15) is 19.8 Å². The summed E-state index contributed by atoms with van der Waals surface area (Å²) in [4.78, 5) is 12.0. The minimum Gasteiger partial charge on any atom is -0.506 e. The van der Waals surface area contributed by atoms with Crippen molar-refractivity contribution in [3.8, 4) is 5.75 Å². The van der Waals surface area contributed by atoms with E-state index in [1.54, 1.807) is 0 Å². The average molecular weight is 300 g/mol. The van der Waals surface area contributed by atoms with Gasteiger partial charge in [0.2, 0.25) is 5.91 Å². The maximum atomic E-state index is 12.0. The maximum Gasteiger partial charge on any atom is 0.228 e. The molecule has 0 bridgehead atoms. The largest absolute Gasteiger partial charge is 0.506 e. The van der Waals surface area contributed by atoms with Gasteiger partial charge >= 0.3 is 0 Å². The number of nitrogens with one attached hydrogen (secondary N) is 1. The van der Waals surface area contributed by atoms with Gasteiger partial charge < -0.3 is 16.2 Å². The number of sulfone groups is 1. The van der Waals surface area contributed by atoms with Crippen molar-refractivity contribution < 1.29 is 18.3 Å². The van der Waals surface area contributed by atoms with Crippen molar-refractivity contribution in [2.24, 2.45) is 11.7 Å². The number of phenolic OH excluding ortho intramolecular Hbond substituents is 1. The zero-order valence-electron chi connectivity index (χ0n) is 11.6. The van der Waals surface area contributed by atoms with Crippen LogP contribution < -0.4 is 11.1 Å². The van der Waals surface area contributed by atoms with Gasteiger partial charge in [-0.25, -0.2) is 8.42 Å². The molecule has 112 valence electrons. The lowest BCUT2D eigenvalue weighted by Gasteiger charge is -2.15. The minimum atomic E-state index is -3.40. The topological polar surface area (TPSA) is 109 Å². The number of nitrogens with two attached hydrogens (primary N) is 1. The van der Waals surface area contributed by atoms with Gasteiger partial charge in [0.1, 0.15) is 5.75 Å². The first-order chi connectivity index (χ1) is 9.29. The van der Waals surface area contributed by atoms with E-state index in [1.807, 2.05) is 6.92 Å². The molecule has 7 heteroatoms. The molecule has 1 atom stereocenters. The number of carbonyl (C=O) groups excluding carboxylic acids is 1. The lowest BCUT2D eigenvalue weighted by atomic mass is 10.0. The highest BCUT2D eigenvalue weighted by molar-refractivity contribution is 7.90. The van der Waals surface area contributed by atoms with E-state index < -0.39 is 9.84 Å². The Kier molecular flexibility index (Phi) is 5.52. The predicted molar refractivity (Wildman–Crippen MR) is 77.3 cm³/mol. The minimum absolute atomic E-state index is 0.0328. The van der Waals surface area contributed by atoms with Crippen LogP contribution in [0, 0.1) is 5.92 Å². The van der Waals surface area contributed by atoms with Crippen LogP contribution in [0.25, 0.3) is 0 Å². The molecule has 0 aliphatic carbocycles. The molecular formula is C13H20N2O4S. The summed E-state index contributed by atoms with van der Waals surface area (Å²) in [6.45, 7) is 2.14. The Morgan fingerprint density at radius 1 is 1.45 bits per heavy atom. The Morgan fingerprint density at radius 3 is 2.60 bits per heavy atom. The molecule has 0 radical (unpaired) electrons. The molecule has 1 unspecified atom stereocenters. The van der Waals surface area contributed by atoms with Crippen molar-refractivity contribution in [1.29, 1.82) is 0 Å². The van der Waals surface area contributed by atoms with Crippen molar-refractivity contribution in [2.75, 3.05) is 18.1 Å². The van der Waals surface area contributed by atoms with Crippen LogP contribution in [-0.2, 0) is 14.6 Å². The van der Waals surface area contributed by atoms with E-state index in [-0.39, 0.29) is 34.7 Å². The molecule has 0 aliphatic rings. The summed E-state index contributed by atoms with van der Waals surface area (Å²) in [6.07, 6.45) is 2.50. The third-order valence-electron chi connectivity index (χ3n) is 2.95. The molecule has 0 aliphatic heterocycles. The van der Waals surface area contributed by atoms with E-state index in [9.17, 15) is 18.3 Å². The van der Waals surface area contributed by atoms with E-state index >= 15 is 0 Å². The monoisotopic (exact) mass is 300 g/mol. The van der Waals surface area contributed by atoms with Gasteiger partial charge in [0.25, 0.3) is 0 Å². The summed E-state index contributed by atoms with van der Waals surface area (Å²) < 4.78 is 22.9. The van der Waals surface area contributed by atoms with Crippen molar-refractivity contribution in [3.63, 3.8) is 0 Å². The van der Waals surface area contributed by atoms with Crippen LogP contribution >= 0.6 is 0 Å². The molecule has 0 heterocycles. The van der Waals surface area contributed by atoms with Gasteiger partial charge in [-0.1, -0.05) is 13.3 Å². The van der Waals surface area contributed by atoms with Crippen LogP contribution in [0.4, 0.5) is 5.69 Å². The zero-order valence-corrected chi connectivity index (χ0v) is 12.4. The first-order valence-corrected chi connectivity index (χ1v) is 8.22. The number of phenols is 1. The first-order valence-electron chi connectivity index (χ1n) is 6.33. The number of amides is 1. The predicted octanol–water partition coefficient (Wildman–Crippen LogP) is 1.11. The Hall–Kier alpha value is -1.60. The van der Waals surface area contributed by atoms with Crippen LogP contribution in [0.15, 0.2) is 23.1 Å². The summed E-state index contributed by atoms with van der Waals surface area (Å²) in [5.41, 5.74) is 5.61. The summed E-state index contributed by atoms with van der Waals surface area (Å²) >= 11 is 0. The fourth-order valence-electron chi connectivity index (χ4n) is 1.79. The van der Waals surface area contributed by atoms with Crippen molar-refractivity contribution in [2.45, 2.75) is 24.7 Å². The SMILES string of the molecule is CCCC(CN)C(=O)Nc1cc(S(C)(=O)=O)ccc1O. The second-order valence-electron chi connectivity index (χ2n) is 4.66. The maximum absolute atomic E-state index is 12.0. The van der Waals surface area contributed by atoms with E-state index in [1.165, 1.54) is 18.2 Å². The second-order valence-corrected chi connectivity index (χ2v) is 6.68. The number of hydrogen-bond donors (Lipinski definition) is 3. The van der Waals surface area contributed by atoms with E-state index in [2.05, 4.69) is 5.32 Å². The van der Waals surface area contributed by atoms with Crippen LogP contribution in [0.2, 0.25) is 0 Å². The number of rotatable bonds is 6. The first kappa shape index (κ1) is 16.5. The molecule has 1 aromatic carbocycles. The number of hydrogen-bond acceptors (Lipinski definition) is 5. The molecule has 1 amide bonds. The highest BCUT2D eigenvalue weighted by Gasteiger charge is 2.18. The lowest BCUT2D eigenvalue weighted by molar-refractivity contribution is -0.119. The summed E-state index contributed by atoms with van der Waals surface area (Å²) in [5.74, 6) is -0.866. The number of benzene rings is 1. The summed E-state index contributed by atoms with van der Waals surface area (Å²) in [5, 5.41) is 12.2.